The molecule has 4 N–H and O–H groups in total. The summed E-state index contributed by atoms with van der Waals surface area (Å²) in [6.45, 7) is 1.60. The van der Waals surface area contributed by atoms with Gasteiger partial charge in [-0.2, -0.15) is 10.1 Å². The van der Waals surface area contributed by atoms with E-state index >= 15 is 0 Å². The second-order valence-electron chi connectivity index (χ2n) is 7.64. The Kier molecular flexibility index (Phi) is 6.46. The number of aromatic nitrogens is 4. The van der Waals surface area contributed by atoms with Crippen molar-refractivity contribution in [2.24, 2.45) is 12.1 Å². The van der Waals surface area contributed by atoms with Gasteiger partial charge in [0.15, 0.2) is 11.2 Å². The molecule has 4 rings (SSSR count). The first-order valence-corrected chi connectivity index (χ1v) is 10.5. The quantitative estimate of drug-likeness (QED) is 0.228. The van der Waals surface area contributed by atoms with Crippen molar-refractivity contribution < 1.29 is 14.9 Å². The first-order chi connectivity index (χ1) is 16.3. The minimum atomic E-state index is -1.00. The van der Waals surface area contributed by atoms with Gasteiger partial charge in [0.1, 0.15) is 24.2 Å². The van der Waals surface area contributed by atoms with Crippen LogP contribution in [0.3, 0.4) is 0 Å². The first-order valence-electron chi connectivity index (χ1n) is 10.5. The number of aliphatic hydroxyl groups is 1. The fourth-order valence-corrected chi connectivity index (χ4v) is 3.44. The number of nitrogens with one attached hydrogen (secondary N) is 2. The van der Waals surface area contributed by atoms with Gasteiger partial charge < -0.3 is 19.5 Å². The highest BCUT2D eigenvalue weighted by Gasteiger charge is 2.20. The maximum Gasteiger partial charge on any atom is 0.329 e. The van der Waals surface area contributed by atoms with Crippen LogP contribution in [0.1, 0.15) is 12.5 Å². The number of phenols is 1. The number of aryl methyl sites for hydroxylation is 1. The Labute approximate surface area is 193 Å². The highest BCUT2D eigenvalue weighted by Crippen LogP contribution is 2.19. The van der Waals surface area contributed by atoms with Gasteiger partial charge in [0.2, 0.25) is 5.95 Å². The van der Waals surface area contributed by atoms with Gasteiger partial charge in [-0.05, 0) is 31.2 Å². The summed E-state index contributed by atoms with van der Waals surface area (Å²) >= 11 is 0. The molecule has 0 unspecified atom stereocenters. The molecular formula is C23H24N6O5. The lowest BCUT2D eigenvalue weighted by molar-refractivity contribution is 0.0938. The molecule has 4 aromatic rings. The van der Waals surface area contributed by atoms with Crippen molar-refractivity contribution in [1.29, 1.82) is 0 Å². The zero-order chi connectivity index (χ0) is 24.2. The number of aromatic hydroxyl groups is 1. The van der Waals surface area contributed by atoms with Crippen molar-refractivity contribution in [2.45, 2.75) is 19.6 Å². The van der Waals surface area contributed by atoms with E-state index in [0.29, 0.717) is 17.0 Å². The zero-order valence-corrected chi connectivity index (χ0v) is 18.6. The van der Waals surface area contributed by atoms with Crippen LogP contribution in [-0.4, -0.2) is 47.7 Å². The van der Waals surface area contributed by atoms with Crippen LogP contribution in [0.25, 0.3) is 11.2 Å². The number of aromatic amines is 1. The number of H-pyrrole nitrogens is 1. The van der Waals surface area contributed by atoms with Crippen LogP contribution in [0, 0.1) is 0 Å². The molecule has 11 nitrogen and oxygen atoms in total. The standard InChI is InChI=1S/C23H24N6O5/c1-14(17-10-6-7-11-18(17)31)26-27-22-24-20-19(21(32)25-23(33)28(20)2)29(22)12-15(30)13-34-16-8-4-3-5-9-16/h3-11,15,30-31H,12-13H2,1-2H3,(H,24,27)(H,25,32,33)/b26-14+/t15-/m1/s1. The van der Waals surface area contributed by atoms with Crippen molar-refractivity contribution in [2.75, 3.05) is 12.0 Å². The molecule has 0 aliphatic heterocycles. The molecule has 2 aromatic heterocycles. The maximum absolute atomic E-state index is 12.6. The Bertz CT molecular complexity index is 1450. The molecule has 0 saturated carbocycles. The maximum atomic E-state index is 12.6. The van der Waals surface area contributed by atoms with E-state index in [-0.39, 0.29) is 36.0 Å². The van der Waals surface area contributed by atoms with Crippen LogP contribution in [-0.2, 0) is 13.6 Å². The Morgan fingerprint density at radius 1 is 1.18 bits per heavy atom. The number of hydrogen-bond acceptors (Lipinski definition) is 8. The average Bonchev–Trinajstić information content (AvgIpc) is 3.19. The lowest BCUT2D eigenvalue weighted by Crippen LogP contribution is -2.30. The fraction of sp³-hybridized carbons (Fsp3) is 0.217. The van der Waals surface area contributed by atoms with E-state index in [9.17, 15) is 19.8 Å². The Balaban J connectivity index is 1.67. The lowest BCUT2D eigenvalue weighted by atomic mass is 10.1. The van der Waals surface area contributed by atoms with Gasteiger partial charge in [0.25, 0.3) is 5.56 Å². The number of nitrogens with zero attached hydrogens (tertiary/aromatic N) is 4. The number of benzene rings is 2. The van der Waals surface area contributed by atoms with Gasteiger partial charge in [-0.1, -0.05) is 30.3 Å². The van der Waals surface area contributed by atoms with E-state index in [2.05, 4.69) is 20.5 Å². The van der Waals surface area contributed by atoms with Crippen molar-refractivity contribution in [3.63, 3.8) is 0 Å². The van der Waals surface area contributed by atoms with Crippen molar-refractivity contribution >= 4 is 22.8 Å². The van der Waals surface area contributed by atoms with Gasteiger partial charge in [-0.3, -0.25) is 14.3 Å². The number of hydrazone groups is 1. The SMILES string of the molecule is C/C(=N\Nc1nc2c(c(=O)[nH]c(=O)n2C)n1C[C@@H](O)COc1ccccc1)c1ccccc1O. The summed E-state index contributed by atoms with van der Waals surface area (Å²) in [5.41, 5.74) is 2.73. The smallest absolute Gasteiger partial charge is 0.329 e. The van der Waals surface area contributed by atoms with Crippen LogP contribution in [0.2, 0.25) is 0 Å². The van der Waals surface area contributed by atoms with Crippen molar-refractivity contribution in [3.8, 4) is 11.5 Å². The molecule has 34 heavy (non-hydrogen) atoms. The Morgan fingerprint density at radius 2 is 1.88 bits per heavy atom. The Morgan fingerprint density at radius 3 is 2.62 bits per heavy atom. The van der Waals surface area contributed by atoms with Crippen molar-refractivity contribution in [1.82, 2.24) is 19.1 Å². The number of hydrogen-bond donors (Lipinski definition) is 4. The van der Waals surface area contributed by atoms with Gasteiger partial charge >= 0.3 is 5.69 Å². The number of anilines is 1. The van der Waals surface area contributed by atoms with E-state index in [1.54, 1.807) is 43.3 Å². The summed E-state index contributed by atoms with van der Waals surface area (Å²) in [6.07, 6.45) is -1.00. The summed E-state index contributed by atoms with van der Waals surface area (Å²) in [5, 5.41) is 25.0. The third-order valence-electron chi connectivity index (χ3n) is 5.20. The third-order valence-corrected chi connectivity index (χ3v) is 5.20. The normalized spacial score (nSPS) is 12.6. The second-order valence-corrected chi connectivity index (χ2v) is 7.64. The van der Waals surface area contributed by atoms with E-state index < -0.39 is 17.4 Å². The largest absolute Gasteiger partial charge is 0.507 e. The molecular weight excluding hydrogens is 440 g/mol. The van der Waals surface area contributed by atoms with Gasteiger partial charge in [-0.25, -0.2) is 10.2 Å². The number of para-hydroxylation sites is 2. The summed E-state index contributed by atoms with van der Waals surface area (Å²) < 4.78 is 8.25. The molecule has 1 atom stereocenters. The topological polar surface area (TPSA) is 147 Å². The van der Waals surface area contributed by atoms with Gasteiger partial charge in [0.05, 0.1) is 12.3 Å². The molecule has 0 spiro atoms. The zero-order valence-electron chi connectivity index (χ0n) is 18.6. The van der Waals surface area contributed by atoms with Crippen LogP contribution in [0.15, 0.2) is 69.3 Å². The summed E-state index contributed by atoms with van der Waals surface area (Å²) in [7, 11) is 1.48. The number of rotatable bonds is 8. The number of ether oxygens (including phenoxy) is 1. The van der Waals surface area contributed by atoms with Crippen LogP contribution < -0.4 is 21.4 Å². The van der Waals surface area contributed by atoms with E-state index in [1.807, 2.05) is 18.2 Å². The molecule has 0 radical (unpaired) electrons. The summed E-state index contributed by atoms with van der Waals surface area (Å²) in [5.74, 6) is 0.792. The number of phenolic OH excluding ortho intramolecular Hbond substituents is 1. The highest BCUT2D eigenvalue weighted by atomic mass is 16.5. The molecule has 0 amide bonds. The fourth-order valence-electron chi connectivity index (χ4n) is 3.44. The van der Waals surface area contributed by atoms with Crippen LogP contribution in [0.5, 0.6) is 11.5 Å². The van der Waals surface area contributed by atoms with Crippen LogP contribution in [0.4, 0.5) is 5.95 Å². The number of imidazole rings is 1. The molecule has 0 saturated heterocycles. The molecule has 0 aliphatic carbocycles. The molecule has 176 valence electrons. The first kappa shape index (κ1) is 22.8. The van der Waals surface area contributed by atoms with E-state index in [0.717, 1.165) is 0 Å². The van der Waals surface area contributed by atoms with Gasteiger partial charge in [0, 0.05) is 12.6 Å². The molecule has 2 aromatic carbocycles. The third kappa shape index (κ3) is 4.69. The minimum Gasteiger partial charge on any atom is -0.507 e. The minimum absolute atomic E-state index is 0.0347. The molecule has 2 heterocycles. The average molecular weight is 464 g/mol. The molecule has 0 fully saturated rings. The summed E-state index contributed by atoms with van der Waals surface area (Å²) in [6, 6.07) is 15.7. The lowest BCUT2D eigenvalue weighted by Gasteiger charge is -2.15. The highest BCUT2D eigenvalue weighted by molar-refractivity contribution is 6.01. The molecule has 0 aliphatic rings. The molecule has 0 bridgehead atoms. The summed E-state index contributed by atoms with van der Waals surface area (Å²) in [4.78, 5) is 31.3. The predicted octanol–water partition coefficient (Wildman–Crippen LogP) is 1.40. The monoisotopic (exact) mass is 464 g/mol. The number of aliphatic hydroxyl groups excluding tert-OH is 1. The second kappa shape index (κ2) is 9.63. The van der Waals surface area contributed by atoms with Crippen molar-refractivity contribution in [3.05, 3.63) is 81.0 Å². The number of fused-ring (bicyclic) bond motifs is 1. The van der Waals surface area contributed by atoms with Crippen LogP contribution >= 0.6 is 0 Å². The Hall–Kier alpha value is -4.38. The van der Waals surface area contributed by atoms with E-state index in [4.69, 9.17) is 4.74 Å². The van der Waals surface area contributed by atoms with E-state index in [1.165, 1.54) is 16.2 Å². The molecule has 11 heteroatoms. The van der Waals surface area contributed by atoms with Gasteiger partial charge in [-0.15, -0.1) is 0 Å². The predicted molar refractivity (Wildman–Crippen MR) is 127 cm³/mol.